The average molecular weight is 346 g/mol. The van der Waals surface area contributed by atoms with E-state index in [1.54, 1.807) is 25.2 Å². The Balaban J connectivity index is 1.73. The van der Waals surface area contributed by atoms with Crippen LogP contribution in [-0.4, -0.2) is 13.0 Å². The number of sulfonamides is 1. The summed E-state index contributed by atoms with van der Waals surface area (Å²) in [6.45, 7) is 2.11. The molecule has 0 aliphatic heterocycles. The van der Waals surface area contributed by atoms with Crippen molar-refractivity contribution >= 4 is 21.1 Å². The highest BCUT2D eigenvalue weighted by molar-refractivity contribution is 7.88. The first-order valence-corrected chi connectivity index (χ1v) is 9.11. The molecule has 126 valence electrons. The average Bonchev–Trinajstić information content (AvgIpc) is 2.82. The van der Waals surface area contributed by atoms with Gasteiger partial charge in [-0.15, -0.1) is 0 Å². The highest BCUT2D eigenvalue weighted by Gasteiger charge is 2.12. The Bertz CT molecular complexity index is 1030. The Morgan fingerprint density at radius 2 is 1.75 bits per heavy atom. The minimum absolute atomic E-state index is 0.0697. The molecule has 3 rings (SSSR count). The summed E-state index contributed by atoms with van der Waals surface area (Å²) in [5.74, 6) is -0.512. The Hall–Kier alpha value is -2.38. The van der Waals surface area contributed by atoms with Gasteiger partial charge in [-0.25, -0.2) is 17.9 Å². The van der Waals surface area contributed by atoms with Crippen molar-refractivity contribution in [1.82, 2.24) is 9.29 Å². The number of aryl methyl sites for hydroxylation is 2. The van der Waals surface area contributed by atoms with Gasteiger partial charge >= 0.3 is 5.76 Å². The Kier molecular flexibility index (Phi) is 4.29. The van der Waals surface area contributed by atoms with Crippen LogP contribution in [0, 0.1) is 6.92 Å². The third-order valence-electron chi connectivity index (χ3n) is 3.83. The number of nitrogens with one attached hydrogen (secondary N) is 1. The van der Waals surface area contributed by atoms with Gasteiger partial charge in [-0.1, -0.05) is 35.9 Å². The topological polar surface area (TPSA) is 81.3 Å². The van der Waals surface area contributed by atoms with Crippen molar-refractivity contribution in [3.63, 3.8) is 0 Å². The van der Waals surface area contributed by atoms with Crippen LogP contribution in [0.1, 0.15) is 16.7 Å². The van der Waals surface area contributed by atoms with Crippen LogP contribution < -0.4 is 10.5 Å². The second-order valence-electron chi connectivity index (χ2n) is 5.79. The Labute approximate surface area is 139 Å². The maximum atomic E-state index is 12.2. The van der Waals surface area contributed by atoms with Gasteiger partial charge in [-0.2, -0.15) is 0 Å². The zero-order valence-electron chi connectivity index (χ0n) is 13.4. The summed E-state index contributed by atoms with van der Waals surface area (Å²) < 4.78 is 33.4. The summed E-state index contributed by atoms with van der Waals surface area (Å²) in [6.07, 6.45) is 0. The molecule has 0 aliphatic carbocycles. The van der Waals surface area contributed by atoms with Gasteiger partial charge in [0, 0.05) is 13.6 Å². The zero-order valence-corrected chi connectivity index (χ0v) is 14.3. The molecule has 0 aliphatic rings. The van der Waals surface area contributed by atoms with Gasteiger partial charge in [0.15, 0.2) is 5.58 Å². The molecule has 0 saturated heterocycles. The number of rotatable bonds is 5. The van der Waals surface area contributed by atoms with E-state index in [0.717, 1.165) is 16.7 Å². The molecule has 0 radical (unpaired) electrons. The number of benzene rings is 2. The molecule has 3 aromatic rings. The number of hydrogen-bond donors (Lipinski definition) is 1. The van der Waals surface area contributed by atoms with E-state index in [2.05, 4.69) is 4.72 Å². The van der Waals surface area contributed by atoms with Crippen molar-refractivity contribution < 1.29 is 12.8 Å². The number of aromatic nitrogens is 1. The van der Waals surface area contributed by atoms with Gasteiger partial charge in [0.2, 0.25) is 10.0 Å². The van der Waals surface area contributed by atoms with E-state index in [9.17, 15) is 13.2 Å². The molecule has 0 unspecified atom stereocenters. The summed E-state index contributed by atoms with van der Waals surface area (Å²) in [5.41, 5.74) is 3.69. The van der Waals surface area contributed by atoms with Gasteiger partial charge in [0.05, 0.1) is 11.3 Å². The minimum atomic E-state index is -3.45. The number of oxazole rings is 1. The van der Waals surface area contributed by atoms with E-state index in [1.165, 1.54) is 4.57 Å². The van der Waals surface area contributed by atoms with Crippen LogP contribution in [0.4, 0.5) is 0 Å². The summed E-state index contributed by atoms with van der Waals surface area (Å²) >= 11 is 0. The molecule has 6 nitrogen and oxygen atoms in total. The van der Waals surface area contributed by atoms with E-state index in [1.807, 2.05) is 31.2 Å². The quantitative estimate of drug-likeness (QED) is 0.767. The van der Waals surface area contributed by atoms with Gasteiger partial charge in [0.25, 0.3) is 0 Å². The largest absolute Gasteiger partial charge is 0.419 e. The molecule has 1 aromatic heterocycles. The van der Waals surface area contributed by atoms with E-state index in [4.69, 9.17) is 4.42 Å². The fourth-order valence-corrected chi connectivity index (χ4v) is 3.55. The normalized spacial score (nSPS) is 11.9. The molecule has 0 spiro atoms. The van der Waals surface area contributed by atoms with Crippen LogP contribution in [0.3, 0.4) is 0 Å². The van der Waals surface area contributed by atoms with Crippen LogP contribution in [0.25, 0.3) is 11.1 Å². The van der Waals surface area contributed by atoms with E-state index in [-0.39, 0.29) is 12.3 Å². The summed E-state index contributed by atoms with van der Waals surface area (Å²) in [6, 6.07) is 12.5. The molecular formula is C17H18N2O4S. The molecule has 0 fully saturated rings. The van der Waals surface area contributed by atoms with Crippen LogP contribution in [0.2, 0.25) is 0 Å². The fraction of sp³-hybridized carbons (Fsp3) is 0.235. The van der Waals surface area contributed by atoms with Crippen LogP contribution >= 0.6 is 0 Å². The monoisotopic (exact) mass is 346 g/mol. The van der Waals surface area contributed by atoms with E-state index < -0.39 is 15.8 Å². The fourth-order valence-electron chi connectivity index (χ4n) is 2.43. The van der Waals surface area contributed by atoms with Crippen molar-refractivity contribution in [2.24, 2.45) is 7.05 Å². The highest BCUT2D eigenvalue weighted by Crippen LogP contribution is 2.15. The predicted octanol–water partition coefficient (Wildman–Crippen LogP) is 2.06. The molecule has 1 N–H and O–H groups in total. The predicted molar refractivity (Wildman–Crippen MR) is 92.1 cm³/mol. The lowest BCUT2D eigenvalue weighted by Crippen LogP contribution is -2.24. The second-order valence-corrected chi connectivity index (χ2v) is 7.60. The second kappa shape index (κ2) is 6.26. The number of fused-ring (bicyclic) bond motifs is 1. The summed E-state index contributed by atoms with van der Waals surface area (Å²) in [4.78, 5) is 11.5. The van der Waals surface area contributed by atoms with Crippen molar-refractivity contribution in [2.45, 2.75) is 19.2 Å². The van der Waals surface area contributed by atoms with Crippen molar-refractivity contribution in [3.8, 4) is 0 Å². The van der Waals surface area contributed by atoms with Gasteiger partial charge < -0.3 is 4.42 Å². The van der Waals surface area contributed by atoms with Crippen LogP contribution in [0.5, 0.6) is 0 Å². The van der Waals surface area contributed by atoms with Crippen molar-refractivity contribution in [2.75, 3.05) is 0 Å². The number of nitrogens with zero attached hydrogens (tertiary/aromatic N) is 1. The molecular weight excluding hydrogens is 328 g/mol. The lowest BCUT2D eigenvalue weighted by Gasteiger charge is -2.07. The minimum Gasteiger partial charge on any atom is -0.408 e. The maximum Gasteiger partial charge on any atom is 0.419 e. The molecule has 7 heteroatoms. The first-order chi connectivity index (χ1) is 11.3. The zero-order chi connectivity index (χ0) is 17.3. The third kappa shape index (κ3) is 3.58. The third-order valence-corrected chi connectivity index (χ3v) is 5.13. The van der Waals surface area contributed by atoms with E-state index in [0.29, 0.717) is 11.1 Å². The molecule has 2 aromatic carbocycles. The lowest BCUT2D eigenvalue weighted by molar-refractivity contribution is 0.528. The molecule has 24 heavy (non-hydrogen) atoms. The number of hydrogen-bond acceptors (Lipinski definition) is 4. The van der Waals surface area contributed by atoms with Gasteiger partial charge in [-0.05, 0) is 30.2 Å². The van der Waals surface area contributed by atoms with Crippen LogP contribution in [-0.2, 0) is 29.4 Å². The SMILES string of the molecule is Cc1ccc(CS(=O)(=O)NCc2ccc3oc(=O)n(C)c3c2)cc1. The van der Waals surface area contributed by atoms with E-state index >= 15 is 0 Å². The summed E-state index contributed by atoms with van der Waals surface area (Å²) in [5, 5.41) is 0. The van der Waals surface area contributed by atoms with Crippen molar-refractivity contribution in [1.29, 1.82) is 0 Å². The molecule has 0 saturated carbocycles. The first kappa shape index (κ1) is 16.5. The molecule has 0 atom stereocenters. The van der Waals surface area contributed by atoms with Crippen molar-refractivity contribution in [3.05, 3.63) is 69.7 Å². The standard InChI is InChI=1S/C17H18N2O4S/c1-12-3-5-13(6-4-12)11-24(21,22)18-10-14-7-8-16-15(9-14)19(2)17(20)23-16/h3-9,18H,10-11H2,1-2H3. The highest BCUT2D eigenvalue weighted by atomic mass is 32.2. The first-order valence-electron chi connectivity index (χ1n) is 7.45. The van der Waals surface area contributed by atoms with Gasteiger partial charge in [-0.3, -0.25) is 4.57 Å². The maximum absolute atomic E-state index is 12.2. The molecule has 0 bridgehead atoms. The molecule has 0 amide bonds. The summed E-state index contributed by atoms with van der Waals surface area (Å²) in [7, 11) is -1.84. The molecule has 1 heterocycles. The lowest BCUT2D eigenvalue weighted by atomic mass is 10.2. The van der Waals surface area contributed by atoms with Gasteiger partial charge in [0.1, 0.15) is 0 Å². The smallest absolute Gasteiger partial charge is 0.408 e. The Morgan fingerprint density at radius 3 is 2.46 bits per heavy atom. The van der Waals surface area contributed by atoms with Crippen LogP contribution in [0.15, 0.2) is 51.7 Å². The Morgan fingerprint density at radius 1 is 1.08 bits per heavy atom.